The van der Waals surface area contributed by atoms with Crippen molar-refractivity contribution >= 4 is 17.3 Å². The summed E-state index contributed by atoms with van der Waals surface area (Å²) in [5.74, 6) is 0. The standard InChI is InChI=1S/C17H28ClN3/c1-4-17(2,3)19-9-10-20-11-13-21(14-12-20)16-8-6-5-7-15(16)18/h5-8,19H,4,9-14H2,1-3H3. The van der Waals surface area contributed by atoms with Crippen molar-refractivity contribution < 1.29 is 0 Å². The van der Waals surface area contributed by atoms with Gasteiger partial charge in [-0.25, -0.2) is 0 Å². The van der Waals surface area contributed by atoms with Crippen LogP contribution in [0.1, 0.15) is 27.2 Å². The van der Waals surface area contributed by atoms with Gasteiger partial charge in [-0.3, -0.25) is 4.90 Å². The maximum Gasteiger partial charge on any atom is 0.0639 e. The quantitative estimate of drug-likeness (QED) is 0.870. The van der Waals surface area contributed by atoms with Gasteiger partial charge in [0.1, 0.15) is 0 Å². The summed E-state index contributed by atoms with van der Waals surface area (Å²) in [5.41, 5.74) is 1.42. The molecule has 0 bridgehead atoms. The molecule has 0 aliphatic carbocycles. The van der Waals surface area contributed by atoms with Crippen LogP contribution in [0.2, 0.25) is 5.02 Å². The van der Waals surface area contributed by atoms with Crippen LogP contribution >= 0.6 is 11.6 Å². The predicted molar refractivity (Wildman–Crippen MR) is 92.5 cm³/mol. The Kier molecular flexibility index (Phi) is 5.91. The Morgan fingerprint density at radius 1 is 1.14 bits per heavy atom. The molecule has 1 fully saturated rings. The monoisotopic (exact) mass is 309 g/mol. The number of hydrogen-bond donors (Lipinski definition) is 1. The smallest absolute Gasteiger partial charge is 0.0639 e. The third kappa shape index (κ3) is 4.87. The van der Waals surface area contributed by atoms with E-state index in [9.17, 15) is 0 Å². The average molecular weight is 310 g/mol. The molecule has 0 atom stereocenters. The summed E-state index contributed by atoms with van der Waals surface area (Å²) in [6.45, 7) is 13.3. The van der Waals surface area contributed by atoms with E-state index in [0.717, 1.165) is 50.7 Å². The molecule has 1 aliphatic heterocycles. The van der Waals surface area contributed by atoms with Crippen molar-refractivity contribution in [2.24, 2.45) is 0 Å². The van der Waals surface area contributed by atoms with Crippen LogP contribution < -0.4 is 10.2 Å². The Labute approximate surface area is 134 Å². The number of halogens is 1. The minimum absolute atomic E-state index is 0.249. The molecule has 118 valence electrons. The molecule has 1 heterocycles. The lowest BCUT2D eigenvalue weighted by Crippen LogP contribution is -2.50. The zero-order chi connectivity index (χ0) is 15.3. The molecular formula is C17H28ClN3. The fourth-order valence-electron chi connectivity index (χ4n) is 2.60. The first-order valence-corrected chi connectivity index (χ1v) is 8.36. The second-order valence-corrected chi connectivity index (χ2v) is 6.85. The molecule has 1 saturated heterocycles. The van der Waals surface area contributed by atoms with E-state index in [4.69, 9.17) is 11.6 Å². The van der Waals surface area contributed by atoms with Gasteiger partial charge in [0.25, 0.3) is 0 Å². The highest BCUT2D eigenvalue weighted by atomic mass is 35.5. The molecule has 21 heavy (non-hydrogen) atoms. The molecule has 0 amide bonds. The van der Waals surface area contributed by atoms with Crippen LogP contribution in [0.15, 0.2) is 24.3 Å². The van der Waals surface area contributed by atoms with E-state index < -0.39 is 0 Å². The molecule has 1 aliphatic rings. The lowest BCUT2D eigenvalue weighted by atomic mass is 10.0. The largest absolute Gasteiger partial charge is 0.368 e. The van der Waals surface area contributed by atoms with Crippen molar-refractivity contribution in [2.75, 3.05) is 44.2 Å². The lowest BCUT2D eigenvalue weighted by molar-refractivity contribution is 0.243. The summed E-state index contributed by atoms with van der Waals surface area (Å²) in [4.78, 5) is 4.92. The summed E-state index contributed by atoms with van der Waals surface area (Å²) >= 11 is 6.28. The second kappa shape index (κ2) is 7.48. The number of rotatable bonds is 6. The minimum atomic E-state index is 0.249. The number of nitrogens with zero attached hydrogens (tertiary/aromatic N) is 2. The maximum absolute atomic E-state index is 6.28. The van der Waals surface area contributed by atoms with Gasteiger partial charge < -0.3 is 10.2 Å². The van der Waals surface area contributed by atoms with Crippen LogP contribution in [0.5, 0.6) is 0 Å². The first kappa shape index (κ1) is 16.6. The van der Waals surface area contributed by atoms with Crippen LogP contribution in [0.3, 0.4) is 0 Å². The number of para-hydroxylation sites is 1. The van der Waals surface area contributed by atoms with Gasteiger partial charge in [0.15, 0.2) is 0 Å². The first-order valence-electron chi connectivity index (χ1n) is 7.99. The fraction of sp³-hybridized carbons (Fsp3) is 0.647. The lowest BCUT2D eigenvalue weighted by Gasteiger charge is -2.37. The van der Waals surface area contributed by atoms with E-state index >= 15 is 0 Å². The van der Waals surface area contributed by atoms with Crippen LogP contribution in [0.25, 0.3) is 0 Å². The fourth-order valence-corrected chi connectivity index (χ4v) is 2.85. The Hall–Kier alpha value is -0.770. The van der Waals surface area contributed by atoms with Crippen LogP contribution in [0.4, 0.5) is 5.69 Å². The SMILES string of the molecule is CCC(C)(C)NCCN1CCN(c2ccccc2Cl)CC1. The Morgan fingerprint density at radius 2 is 1.81 bits per heavy atom. The van der Waals surface area contributed by atoms with E-state index in [1.54, 1.807) is 0 Å². The highest BCUT2D eigenvalue weighted by molar-refractivity contribution is 6.33. The molecule has 0 aromatic heterocycles. The minimum Gasteiger partial charge on any atom is -0.368 e. The first-order chi connectivity index (χ1) is 10.0. The summed E-state index contributed by atoms with van der Waals surface area (Å²) in [7, 11) is 0. The van der Waals surface area contributed by atoms with Gasteiger partial charge in [0.2, 0.25) is 0 Å². The van der Waals surface area contributed by atoms with Gasteiger partial charge in [-0.15, -0.1) is 0 Å². The van der Waals surface area contributed by atoms with Gasteiger partial charge in [-0.1, -0.05) is 30.7 Å². The molecule has 3 nitrogen and oxygen atoms in total. The number of hydrogen-bond acceptors (Lipinski definition) is 3. The zero-order valence-electron chi connectivity index (χ0n) is 13.5. The molecule has 0 unspecified atom stereocenters. The van der Waals surface area contributed by atoms with Crippen LogP contribution in [-0.2, 0) is 0 Å². The van der Waals surface area contributed by atoms with Crippen molar-refractivity contribution in [1.29, 1.82) is 0 Å². The van der Waals surface area contributed by atoms with E-state index in [-0.39, 0.29) is 5.54 Å². The number of piperazine rings is 1. The molecule has 0 spiro atoms. The molecule has 0 radical (unpaired) electrons. The third-order valence-electron chi connectivity index (χ3n) is 4.48. The Bertz CT molecular complexity index is 439. The normalized spacial score (nSPS) is 17.2. The number of anilines is 1. The van der Waals surface area contributed by atoms with Crippen molar-refractivity contribution in [1.82, 2.24) is 10.2 Å². The van der Waals surface area contributed by atoms with Gasteiger partial charge in [0.05, 0.1) is 10.7 Å². The van der Waals surface area contributed by atoms with E-state index in [1.165, 1.54) is 5.69 Å². The van der Waals surface area contributed by atoms with E-state index in [1.807, 2.05) is 12.1 Å². The van der Waals surface area contributed by atoms with Crippen LogP contribution in [-0.4, -0.2) is 49.7 Å². The highest BCUT2D eigenvalue weighted by Crippen LogP contribution is 2.25. The predicted octanol–water partition coefficient (Wildman–Crippen LogP) is 3.24. The molecule has 1 aromatic carbocycles. The molecule has 2 rings (SSSR count). The summed E-state index contributed by atoms with van der Waals surface area (Å²) < 4.78 is 0. The third-order valence-corrected chi connectivity index (χ3v) is 4.80. The van der Waals surface area contributed by atoms with Crippen molar-refractivity contribution in [3.63, 3.8) is 0 Å². The molecule has 1 N–H and O–H groups in total. The number of benzene rings is 1. The Balaban J connectivity index is 1.75. The second-order valence-electron chi connectivity index (χ2n) is 6.44. The summed E-state index contributed by atoms with van der Waals surface area (Å²) in [6, 6.07) is 8.14. The van der Waals surface area contributed by atoms with Crippen molar-refractivity contribution in [3.8, 4) is 0 Å². The Morgan fingerprint density at radius 3 is 2.43 bits per heavy atom. The van der Waals surface area contributed by atoms with Gasteiger partial charge >= 0.3 is 0 Å². The van der Waals surface area contributed by atoms with Gasteiger partial charge in [-0.2, -0.15) is 0 Å². The summed E-state index contributed by atoms with van der Waals surface area (Å²) in [5, 5.41) is 4.49. The summed E-state index contributed by atoms with van der Waals surface area (Å²) in [6.07, 6.45) is 1.16. The van der Waals surface area contributed by atoms with Crippen molar-refractivity contribution in [3.05, 3.63) is 29.3 Å². The van der Waals surface area contributed by atoms with E-state index in [2.05, 4.69) is 48.0 Å². The molecular weight excluding hydrogens is 282 g/mol. The zero-order valence-corrected chi connectivity index (χ0v) is 14.3. The maximum atomic E-state index is 6.28. The topological polar surface area (TPSA) is 18.5 Å². The average Bonchev–Trinajstić information content (AvgIpc) is 2.48. The van der Waals surface area contributed by atoms with Crippen LogP contribution in [0, 0.1) is 0 Å². The number of nitrogens with one attached hydrogen (secondary N) is 1. The van der Waals surface area contributed by atoms with Crippen molar-refractivity contribution in [2.45, 2.75) is 32.7 Å². The van der Waals surface area contributed by atoms with Gasteiger partial charge in [0, 0.05) is 44.8 Å². The molecule has 1 aromatic rings. The van der Waals surface area contributed by atoms with E-state index in [0.29, 0.717) is 0 Å². The van der Waals surface area contributed by atoms with Gasteiger partial charge in [-0.05, 0) is 32.4 Å². The molecule has 0 saturated carbocycles. The molecule has 4 heteroatoms. The highest BCUT2D eigenvalue weighted by Gasteiger charge is 2.19.